The molecule has 1 aromatic carbocycles. The van der Waals surface area contributed by atoms with Crippen molar-refractivity contribution in [1.82, 2.24) is 10.3 Å². The monoisotopic (exact) mass is 260 g/mol. The Labute approximate surface area is 112 Å². The third kappa shape index (κ3) is 4.03. The van der Waals surface area contributed by atoms with Gasteiger partial charge in [0.05, 0.1) is 6.20 Å². The molecule has 0 saturated carbocycles. The van der Waals surface area contributed by atoms with Crippen LogP contribution in [-0.2, 0) is 6.54 Å². The average molecular weight is 260 g/mol. The number of nitrogens with one attached hydrogen (secondary N) is 1. The number of halogens is 1. The minimum atomic E-state index is -0.361. The fourth-order valence-corrected chi connectivity index (χ4v) is 1.68. The predicted octanol–water partition coefficient (Wildman–Crippen LogP) is 3.51. The normalized spacial score (nSPS) is 10.4. The van der Waals surface area contributed by atoms with Gasteiger partial charge in [-0.3, -0.25) is 4.98 Å². The second-order valence-corrected chi connectivity index (χ2v) is 4.23. The van der Waals surface area contributed by atoms with Crippen LogP contribution in [0.15, 0.2) is 42.7 Å². The van der Waals surface area contributed by atoms with E-state index in [-0.39, 0.29) is 11.6 Å². The Morgan fingerprint density at radius 1 is 1.32 bits per heavy atom. The number of hydrogen-bond acceptors (Lipinski definition) is 3. The van der Waals surface area contributed by atoms with Crippen LogP contribution >= 0.6 is 0 Å². The fourth-order valence-electron chi connectivity index (χ4n) is 1.68. The van der Waals surface area contributed by atoms with Gasteiger partial charge in [0.25, 0.3) is 0 Å². The molecule has 0 aliphatic heterocycles. The largest absolute Gasteiger partial charge is 0.453 e. The smallest absolute Gasteiger partial charge is 0.166 e. The molecule has 0 spiro atoms. The van der Waals surface area contributed by atoms with Crippen LogP contribution in [-0.4, -0.2) is 11.5 Å². The Morgan fingerprint density at radius 3 is 2.89 bits per heavy atom. The summed E-state index contributed by atoms with van der Waals surface area (Å²) < 4.78 is 19.3. The van der Waals surface area contributed by atoms with Crippen molar-refractivity contribution < 1.29 is 9.13 Å². The summed E-state index contributed by atoms with van der Waals surface area (Å²) in [5.74, 6) is 0.380. The van der Waals surface area contributed by atoms with Gasteiger partial charge in [0.2, 0.25) is 0 Å². The van der Waals surface area contributed by atoms with E-state index in [0.29, 0.717) is 12.3 Å². The molecule has 1 aromatic heterocycles. The van der Waals surface area contributed by atoms with Crippen LogP contribution in [0.3, 0.4) is 0 Å². The lowest BCUT2D eigenvalue weighted by atomic mass is 10.2. The highest BCUT2D eigenvalue weighted by Gasteiger charge is 2.06. The molecule has 2 rings (SSSR count). The molecule has 0 bridgehead atoms. The van der Waals surface area contributed by atoms with E-state index in [1.807, 2.05) is 6.07 Å². The third-order valence-electron chi connectivity index (χ3n) is 2.61. The summed E-state index contributed by atoms with van der Waals surface area (Å²) in [6.07, 6.45) is 4.26. The summed E-state index contributed by atoms with van der Waals surface area (Å²) >= 11 is 0. The quantitative estimate of drug-likeness (QED) is 0.807. The van der Waals surface area contributed by atoms with Crippen LogP contribution in [0, 0.1) is 5.82 Å². The number of aromatic nitrogens is 1. The molecule has 4 heteroatoms. The first-order valence-electron chi connectivity index (χ1n) is 6.36. The number of pyridine rings is 1. The van der Waals surface area contributed by atoms with Gasteiger partial charge in [-0.25, -0.2) is 4.39 Å². The summed E-state index contributed by atoms with van der Waals surface area (Å²) in [5, 5.41) is 3.23. The van der Waals surface area contributed by atoms with Crippen molar-refractivity contribution >= 4 is 0 Å². The molecule has 0 radical (unpaired) electrons. The van der Waals surface area contributed by atoms with Gasteiger partial charge in [0, 0.05) is 12.7 Å². The minimum Gasteiger partial charge on any atom is -0.453 e. The zero-order valence-corrected chi connectivity index (χ0v) is 10.9. The van der Waals surface area contributed by atoms with E-state index in [2.05, 4.69) is 17.2 Å². The molecular weight excluding hydrogens is 243 g/mol. The lowest BCUT2D eigenvalue weighted by molar-refractivity contribution is 0.439. The van der Waals surface area contributed by atoms with Gasteiger partial charge in [-0.05, 0) is 42.8 Å². The maximum absolute atomic E-state index is 13.9. The van der Waals surface area contributed by atoms with Crippen molar-refractivity contribution in [2.45, 2.75) is 19.9 Å². The molecule has 19 heavy (non-hydrogen) atoms. The molecule has 3 nitrogen and oxygen atoms in total. The highest BCUT2D eigenvalue weighted by molar-refractivity contribution is 5.33. The maximum atomic E-state index is 13.9. The molecule has 1 N–H and O–H groups in total. The second-order valence-electron chi connectivity index (χ2n) is 4.23. The van der Waals surface area contributed by atoms with Crippen LogP contribution in [0.2, 0.25) is 0 Å². The van der Waals surface area contributed by atoms with Crippen molar-refractivity contribution in [2.75, 3.05) is 6.54 Å². The van der Waals surface area contributed by atoms with Gasteiger partial charge >= 0.3 is 0 Å². The van der Waals surface area contributed by atoms with Gasteiger partial charge in [-0.2, -0.15) is 0 Å². The molecule has 100 valence electrons. The van der Waals surface area contributed by atoms with E-state index >= 15 is 0 Å². The van der Waals surface area contributed by atoms with Crippen molar-refractivity contribution in [3.05, 3.63) is 54.1 Å². The Kier molecular flexibility index (Phi) is 4.86. The van der Waals surface area contributed by atoms with Gasteiger partial charge in [0.15, 0.2) is 11.6 Å². The number of hydrogen-bond donors (Lipinski definition) is 1. The molecule has 0 aliphatic rings. The highest BCUT2D eigenvalue weighted by atomic mass is 19.1. The van der Waals surface area contributed by atoms with Gasteiger partial charge in [-0.1, -0.05) is 13.0 Å². The van der Waals surface area contributed by atoms with Crippen molar-refractivity contribution in [3.63, 3.8) is 0 Å². The van der Waals surface area contributed by atoms with E-state index in [4.69, 9.17) is 4.74 Å². The SMILES string of the molecule is CCCNCc1ccc(Oc2cccnc2)c(F)c1. The molecule has 0 atom stereocenters. The van der Waals surface area contributed by atoms with Gasteiger partial charge in [0.1, 0.15) is 5.75 Å². The topological polar surface area (TPSA) is 34.1 Å². The molecule has 0 amide bonds. The molecule has 0 aliphatic carbocycles. The summed E-state index contributed by atoms with van der Waals surface area (Å²) in [7, 11) is 0. The van der Waals surface area contributed by atoms with E-state index in [1.54, 1.807) is 30.6 Å². The molecular formula is C15H17FN2O. The Morgan fingerprint density at radius 2 is 2.21 bits per heavy atom. The first-order valence-corrected chi connectivity index (χ1v) is 6.36. The highest BCUT2D eigenvalue weighted by Crippen LogP contribution is 2.24. The number of rotatable bonds is 6. The van der Waals surface area contributed by atoms with Gasteiger partial charge in [-0.15, -0.1) is 0 Å². The van der Waals surface area contributed by atoms with Crippen LogP contribution < -0.4 is 10.1 Å². The second kappa shape index (κ2) is 6.85. The molecule has 0 unspecified atom stereocenters. The lowest BCUT2D eigenvalue weighted by Gasteiger charge is -2.08. The number of benzene rings is 1. The fraction of sp³-hybridized carbons (Fsp3) is 0.267. The Hall–Kier alpha value is -1.94. The lowest BCUT2D eigenvalue weighted by Crippen LogP contribution is -2.13. The molecule has 0 saturated heterocycles. The Balaban J connectivity index is 2.03. The van der Waals surface area contributed by atoms with Crippen LogP contribution in [0.5, 0.6) is 11.5 Å². The first kappa shape index (κ1) is 13.5. The predicted molar refractivity (Wildman–Crippen MR) is 72.7 cm³/mol. The van der Waals surface area contributed by atoms with Crippen molar-refractivity contribution in [2.24, 2.45) is 0 Å². The van der Waals surface area contributed by atoms with Crippen LogP contribution in [0.1, 0.15) is 18.9 Å². The van der Waals surface area contributed by atoms with E-state index in [1.165, 1.54) is 6.07 Å². The van der Waals surface area contributed by atoms with Crippen molar-refractivity contribution in [3.8, 4) is 11.5 Å². The van der Waals surface area contributed by atoms with Crippen LogP contribution in [0.25, 0.3) is 0 Å². The Bertz CT molecular complexity index is 517. The average Bonchev–Trinajstić information content (AvgIpc) is 2.43. The zero-order valence-electron chi connectivity index (χ0n) is 10.9. The van der Waals surface area contributed by atoms with Crippen molar-refractivity contribution in [1.29, 1.82) is 0 Å². The number of nitrogens with zero attached hydrogens (tertiary/aromatic N) is 1. The van der Waals surface area contributed by atoms with Crippen LogP contribution in [0.4, 0.5) is 4.39 Å². The maximum Gasteiger partial charge on any atom is 0.166 e. The minimum absolute atomic E-state index is 0.215. The molecule has 2 aromatic rings. The van der Waals surface area contributed by atoms with Gasteiger partial charge < -0.3 is 10.1 Å². The molecule has 1 heterocycles. The van der Waals surface area contributed by atoms with E-state index in [9.17, 15) is 4.39 Å². The van der Waals surface area contributed by atoms with E-state index < -0.39 is 0 Å². The summed E-state index contributed by atoms with van der Waals surface area (Å²) in [6, 6.07) is 8.48. The zero-order chi connectivity index (χ0) is 13.5. The standard InChI is InChI=1S/C15H17FN2O/c1-2-7-17-10-12-5-6-15(14(16)9-12)19-13-4-3-8-18-11-13/h3-6,8-9,11,17H,2,7,10H2,1H3. The summed E-state index contributed by atoms with van der Waals surface area (Å²) in [5.41, 5.74) is 0.907. The van der Waals surface area contributed by atoms with E-state index in [0.717, 1.165) is 18.5 Å². The summed E-state index contributed by atoms with van der Waals surface area (Å²) in [6.45, 7) is 3.69. The third-order valence-corrected chi connectivity index (χ3v) is 2.61. The molecule has 0 fully saturated rings. The summed E-state index contributed by atoms with van der Waals surface area (Å²) in [4.78, 5) is 3.92. The first-order chi connectivity index (χ1) is 9.29. The number of ether oxygens (including phenoxy) is 1.